The highest BCUT2D eigenvalue weighted by Crippen LogP contribution is 2.23. The van der Waals surface area contributed by atoms with E-state index in [1.807, 2.05) is 25.7 Å². The summed E-state index contributed by atoms with van der Waals surface area (Å²) in [7, 11) is 0. The summed E-state index contributed by atoms with van der Waals surface area (Å²) in [5.74, 6) is 0.635. The Hall–Kier alpha value is -4.28. The molecule has 2 aromatic carbocycles. The number of hydrogen-bond donors (Lipinski definition) is 4. The molecule has 0 saturated carbocycles. The second-order valence-electron chi connectivity index (χ2n) is 9.97. The molecule has 0 aliphatic carbocycles. The van der Waals surface area contributed by atoms with Crippen molar-refractivity contribution in [3.63, 3.8) is 0 Å². The number of nitrogens with one attached hydrogen (secondary N) is 4. The van der Waals surface area contributed by atoms with Crippen LogP contribution in [0.4, 0.5) is 28.8 Å². The molecule has 1 fully saturated rings. The van der Waals surface area contributed by atoms with E-state index >= 15 is 0 Å². The number of anilines is 5. The molecule has 194 valence electrons. The molecule has 2 heterocycles. The largest absolute Gasteiger partial charge is 0.375 e. The zero-order valence-corrected chi connectivity index (χ0v) is 21.2. The van der Waals surface area contributed by atoms with E-state index in [0.29, 0.717) is 43.0 Å². The molecule has 4 rings (SSSR count). The van der Waals surface area contributed by atoms with Crippen molar-refractivity contribution in [1.29, 1.82) is 0 Å². The van der Waals surface area contributed by atoms with Crippen LogP contribution in [0.15, 0.2) is 46.1 Å². The number of hydrogen-bond acceptors (Lipinski definition) is 9. The lowest BCUT2D eigenvalue weighted by Crippen LogP contribution is -2.41. The average Bonchev–Trinajstić information content (AvgIpc) is 3.28. The molecule has 0 unspecified atom stereocenters. The highest BCUT2D eigenvalue weighted by atomic mass is 16.2. The first kappa shape index (κ1) is 25.8. The maximum absolute atomic E-state index is 12.4. The van der Waals surface area contributed by atoms with Crippen molar-refractivity contribution in [2.75, 3.05) is 35.6 Å². The molecule has 4 N–H and O–H groups in total. The van der Waals surface area contributed by atoms with Crippen molar-refractivity contribution in [3.05, 3.63) is 62.5 Å². The number of amides is 2. The standard InChI is InChI=1S/C26H31N7O4/c1-26(2,3)32-21-20(22(35)23(21)36)30-18-11-13-28-25(31-18)29-17-9-7-16(8-10-17)24(37)27-12-5-15-33-14-4-6-19(33)34/h7-11,13,32H,4-6,12,14-15H2,1-3H3,(H,27,37)(H2,28,29,30,31). The minimum absolute atomic E-state index is 0.173. The van der Waals surface area contributed by atoms with Gasteiger partial charge >= 0.3 is 0 Å². The third kappa shape index (κ3) is 6.49. The van der Waals surface area contributed by atoms with Crippen LogP contribution < -0.4 is 32.1 Å². The molecule has 37 heavy (non-hydrogen) atoms. The summed E-state index contributed by atoms with van der Waals surface area (Å²) >= 11 is 0. The van der Waals surface area contributed by atoms with E-state index in [-0.39, 0.29) is 34.7 Å². The van der Waals surface area contributed by atoms with Crippen LogP contribution in [0.2, 0.25) is 0 Å². The first-order chi connectivity index (χ1) is 17.6. The first-order valence-corrected chi connectivity index (χ1v) is 12.3. The molecule has 1 saturated heterocycles. The van der Waals surface area contributed by atoms with Gasteiger partial charge in [-0.3, -0.25) is 19.2 Å². The van der Waals surface area contributed by atoms with E-state index in [4.69, 9.17) is 0 Å². The lowest BCUT2D eigenvalue weighted by atomic mass is 10.1. The molecule has 0 spiro atoms. The molecule has 2 amide bonds. The van der Waals surface area contributed by atoms with Gasteiger partial charge in [0.1, 0.15) is 17.2 Å². The molecule has 1 aliphatic rings. The highest BCUT2D eigenvalue weighted by molar-refractivity contribution is 5.94. The fourth-order valence-corrected chi connectivity index (χ4v) is 3.97. The number of carbonyl (C=O) groups excluding carboxylic acids is 2. The molecule has 3 aromatic rings. The van der Waals surface area contributed by atoms with Crippen LogP contribution in [-0.2, 0) is 4.79 Å². The van der Waals surface area contributed by atoms with Gasteiger partial charge in [-0.2, -0.15) is 4.98 Å². The summed E-state index contributed by atoms with van der Waals surface area (Å²) in [6, 6.07) is 8.46. The topological polar surface area (TPSA) is 145 Å². The smallest absolute Gasteiger partial charge is 0.253 e. The van der Waals surface area contributed by atoms with E-state index in [1.54, 1.807) is 30.3 Å². The van der Waals surface area contributed by atoms with Gasteiger partial charge in [-0.1, -0.05) is 0 Å². The van der Waals surface area contributed by atoms with Gasteiger partial charge in [-0.05, 0) is 63.9 Å². The maximum Gasteiger partial charge on any atom is 0.253 e. The number of aromatic nitrogens is 2. The summed E-state index contributed by atoms with van der Waals surface area (Å²) in [5.41, 5.74) is 0.0576. The maximum atomic E-state index is 12.4. The van der Waals surface area contributed by atoms with Gasteiger partial charge in [-0.25, -0.2) is 4.98 Å². The zero-order valence-electron chi connectivity index (χ0n) is 21.2. The average molecular weight is 506 g/mol. The SMILES string of the molecule is CC(C)(C)Nc1c(Nc2ccnc(Nc3ccc(C(=O)NCCCN4CCCC4=O)cc3)n2)c(=O)c1=O. The summed E-state index contributed by atoms with van der Waals surface area (Å²) < 4.78 is 0. The number of carbonyl (C=O) groups is 2. The van der Waals surface area contributed by atoms with Crippen LogP contribution in [-0.4, -0.2) is 51.9 Å². The Balaban J connectivity index is 1.31. The predicted molar refractivity (Wildman–Crippen MR) is 143 cm³/mol. The Morgan fingerprint density at radius 2 is 1.73 bits per heavy atom. The predicted octanol–water partition coefficient (Wildman–Crippen LogP) is 2.51. The quantitative estimate of drug-likeness (QED) is 0.241. The molecule has 1 aliphatic heterocycles. The Morgan fingerprint density at radius 1 is 1.00 bits per heavy atom. The van der Waals surface area contributed by atoms with Crippen LogP contribution in [0.3, 0.4) is 0 Å². The van der Waals surface area contributed by atoms with Crippen molar-refractivity contribution in [2.45, 2.75) is 45.6 Å². The van der Waals surface area contributed by atoms with Crippen molar-refractivity contribution in [1.82, 2.24) is 20.2 Å². The van der Waals surface area contributed by atoms with Crippen molar-refractivity contribution >= 4 is 40.6 Å². The Bertz CT molecular complexity index is 1350. The molecule has 1 aromatic heterocycles. The number of benzene rings is 1. The van der Waals surface area contributed by atoms with Gasteiger partial charge in [0.25, 0.3) is 16.8 Å². The Labute approximate surface area is 214 Å². The third-order valence-electron chi connectivity index (χ3n) is 5.78. The fraction of sp³-hybridized carbons (Fsp3) is 0.385. The summed E-state index contributed by atoms with van der Waals surface area (Å²) in [6.45, 7) is 7.64. The van der Waals surface area contributed by atoms with E-state index in [1.165, 1.54) is 6.20 Å². The highest BCUT2D eigenvalue weighted by Gasteiger charge is 2.25. The van der Waals surface area contributed by atoms with E-state index < -0.39 is 10.9 Å². The van der Waals surface area contributed by atoms with E-state index in [0.717, 1.165) is 13.0 Å². The molecule has 0 bridgehead atoms. The van der Waals surface area contributed by atoms with Gasteiger partial charge < -0.3 is 26.2 Å². The summed E-state index contributed by atoms with van der Waals surface area (Å²) in [6.07, 6.45) is 3.76. The lowest BCUT2D eigenvalue weighted by molar-refractivity contribution is -0.127. The Morgan fingerprint density at radius 3 is 2.41 bits per heavy atom. The van der Waals surface area contributed by atoms with Gasteiger partial charge in [0.05, 0.1) is 0 Å². The van der Waals surface area contributed by atoms with Crippen LogP contribution in [0, 0.1) is 0 Å². The van der Waals surface area contributed by atoms with Crippen LogP contribution >= 0.6 is 0 Å². The molecule has 11 heteroatoms. The normalized spacial score (nSPS) is 13.6. The Kier molecular flexibility index (Phi) is 7.51. The van der Waals surface area contributed by atoms with Gasteiger partial charge in [0.2, 0.25) is 11.9 Å². The van der Waals surface area contributed by atoms with Crippen LogP contribution in [0.5, 0.6) is 0 Å². The van der Waals surface area contributed by atoms with Gasteiger partial charge in [-0.15, -0.1) is 0 Å². The molecular formula is C26H31N7O4. The van der Waals surface area contributed by atoms with E-state index in [2.05, 4.69) is 31.2 Å². The first-order valence-electron chi connectivity index (χ1n) is 12.3. The second kappa shape index (κ2) is 10.8. The number of rotatable bonds is 10. The minimum Gasteiger partial charge on any atom is -0.375 e. The van der Waals surface area contributed by atoms with Gasteiger partial charge in [0.15, 0.2) is 0 Å². The van der Waals surface area contributed by atoms with Crippen LogP contribution in [0.1, 0.15) is 50.4 Å². The minimum atomic E-state index is -0.599. The summed E-state index contributed by atoms with van der Waals surface area (Å²) in [5, 5.41) is 11.9. The monoisotopic (exact) mass is 505 g/mol. The van der Waals surface area contributed by atoms with Crippen LogP contribution in [0.25, 0.3) is 0 Å². The number of likely N-dealkylation sites (tertiary alicyclic amines) is 1. The second-order valence-corrected chi connectivity index (χ2v) is 9.97. The fourth-order valence-electron chi connectivity index (χ4n) is 3.97. The molecule has 0 atom stereocenters. The third-order valence-corrected chi connectivity index (χ3v) is 5.78. The van der Waals surface area contributed by atoms with Gasteiger partial charge in [0, 0.05) is 49.0 Å². The molecular weight excluding hydrogens is 474 g/mol. The molecule has 0 radical (unpaired) electrons. The lowest BCUT2D eigenvalue weighted by Gasteiger charge is -2.24. The van der Waals surface area contributed by atoms with Crippen molar-refractivity contribution < 1.29 is 9.59 Å². The summed E-state index contributed by atoms with van der Waals surface area (Å²) in [4.78, 5) is 58.5. The van der Waals surface area contributed by atoms with Crippen molar-refractivity contribution in [2.24, 2.45) is 0 Å². The van der Waals surface area contributed by atoms with E-state index in [9.17, 15) is 19.2 Å². The number of nitrogens with zero attached hydrogens (tertiary/aromatic N) is 3. The zero-order chi connectivity index (χ0) is 26.6. The molecule has 11 nitrogen and oxygen atoms in total. The van der Waals surface area contributed by atoms with Crippen molar-refractivity contribution in [3.8, 4) is 0 Å².